The van der Waals surface area contributed by atoms with Gasteiger partial charge in [-0.05, 0) is 30.3 Å². The van der Waals surface area contributed by atoms with Crippen molar-refractivity contribution in [3.05, 3.63) is 84.3 Å². The minimum atomic E-state index is -0.00144. The molecule has 1 aliphatic rings. The Labute approximate surface area is 193 Å². The van der Waals surface area contributed by atoms with E-state index < -0.39 is 0 Å². The minimum Gasteiger partial charge on any atom is -0.378 e. The first-order chi connectivity index (χ1) is 16.3. The summed E-state index contributed by atoms with van der Waals surface area (Å²) < 4.78 is 7.59. The third-order valence-corrected chi connectivity index (χ3v) is 5.87. The quantitative estimate of drug-likeness (QED) is 0.475. The number of hydrogen-bond donors (Lipinski definition) is 1. The zero-order valence-corrected chi connectivity index (χ0v) is 18.5. The molecule has 0 spiro atoms. The Morgan fingerprint density at radius 2 is 1.76 bits per heavy atom. The molecule has 2 aromatic carbocycles. The number of hydrogen-bond acceptors (Lipinski definition) is 5. The first-order valence-corrected chi connectivity index (χ1v) is 11.3. The van der Waals surface area contributed by atoms with Crippen molar-refractivity contribution in [2.45, 2.75) is 19.4 Å². The van der Waals surface area contributed by atoms with Crippen molar-refractivity contribution in [2.75, 3.05) is 31.2 Å². The SMILES string of the molecule is O=C(CCc1nc2ccccc2n1-c1ccccc1)NCc1cccnc1N1CCOCC1. The number of aryl methyl sites for hydroxylation is 1. The molecule has 0 unspecified atom stereocenters. The van der Waals surface area contributed by atoms with Gasteiger partial charge in [-0.15, -0.1) is 0 Å². The number of para-hydroxylation sites is 3. The molecule has 1 fully saturated rings. The van der Waals surface area contributed by atoms with Gasteiger partial charge in [0.15, 0.2) is 0 Å². The van der Waals surface area contributed by atoms with Crippen molar-refractivity contribution in [1.29, 1.82) is 0 Å². The van der Waals surface area contributed by atoms with E-state index in [1.54, 1.807) is 6.20 Å². The highest BCUT2D eigenvalue weighted by Gasteiger charge is 2.17. The lowest BCUT2D eigenvalue weighted by Crippen LogP contribution is -2.37. The van der Waals surface area contributed by atoms with Gasteiger partial charge in [-0.25, -0.2) is 9.97 Å². The molecule has 5 rings (SSSR count). The summed E-state index contributed by atoms with van der Waals surface area (Å²) in [5.74, 6) is 1.80. The van der Waals surface area contributed by atoms with Gasteiger partial charge in [-0.2, -0.15) is 0 Å². The molecule has 0 radical (unpaired) electrons. The molecule has 1 saturated heterocycles. The number of amides is 1. The van der Waals surface area contributed by atoms with Crippen molar-refractivity contribution < 1.29 is 9.53 Å². The Morgan fingerprint density at radius 1 is 0.970 bits per heavy atom. The number of fused-ring (bicyclic) bond motifs is 1. The summed E-state index contributed by atoms with van der Waals surface area (Å²) in [5, 5.41) is 3.07. The van der Waals surface area contributed by atoms with E-state index in [0.29, 0.717) is 32.6 Å². The lowest BCUT2D eigenvalue weighted by atomic mass is 10.2. The van der Waals surface area contributed by atoms with Crippen LogP contribution >= 0.6 is 0 Å². The number of benzene rings is 2. The highest BCUT2D eigenvalue weighted by Crippen LogP contribution is 2.22. The number of nitrogens with one attached hydrogen (secondary N) is 1. The summed E-state index contributed by atoms with van der Waals surface area (Å²) in [4.78, 5) is 24.3. The maximum atomic E-state index is 12.7. The first-order valence-electron chi connectivity index (χ1n) is 11.3. The molecule has 1 amide bonds. The van der Waals surface area contributed by atoms with Crippen molar-refractivity contribution in [3.8, 4) is 5.69 Å². The second-order valence-corrected chi connectivity index (χ2v) is 8.05. The minimum absolute atomic E-state index is 0.00144. The molecule has 7 nitrogen and oxygen atoms in total. The molecule has 1 aliphatic heterocycles. The lowest BCUT2D eigenvalue weighted by Gasteiger charge is -2.29. The van der Waals surface area contributed by atoms with Crippen LogP contribution in [0.15, 0.2) is 72.9 Å². The normalized spacial score (nSPS) is 13.9. The average molecular weight is 442 g/mol. The van der Waals surface area contributed by atoms with Gasteiger partial charge in [0.05, 0.1) is 24.2 Å². The molecule has 0 atom stereocenters. The Balaban J connectivity index is 1.27. The number of ether oxygens (including phenoxy) is 1. The van der Waals surface area contributed by atoms with Crippen molar-refractivity contribution in [3.63, 3.8) is 0 Å². The van der Waals surface area contributed by atoms with Crippen LogP contribution in [0.1, 0.15) is 17.8 Å². The van der Waals surface area contributed by atoms with Crippen LogP contribution in [0.3, 0.4) is 0 Å². The fourth-order valence-electron chi connectivity index (χ4n) is 4.24. The molecule has 33 heavy (non-hydrogen) atoms. The second-order valence-electron chi connectivity index (χ2n) is 8.05. The Kier molecular flexibility index (Phi) is 6.30. The van der Waals surface area contributed by atoms with E-state index in [1.807, 2.05) is 48.5 Å². The van der Waals surface area contributed by atoms with Gasteiger partial charge in [0, 0.05) is 49.9 Å². The molecule has 3 heterocycles. The zero-order valence-electron chi connectivity index (χ0n) is 18.5. The predicted octanol–water partition coefficient (Wildman–Crippen LogP) is 3.51. The number of pyridine rings is 1. The van der Waals surface area contributed by atoms with Crippen LogP contribution in [0.2, 0.25) is 0 Å². The number of aromatic nitrogens is 3. The molecular weight excluding hydrogens is 414 g/mol. The Morgan fingerprint density at radius 3 is 2.61 bits per heavy atom. The molecule has 0 aliphatic carbocycles. The topological polar surface area (TPSA) is 72.3 Å². The third kappa shape index (κ3) is 4.73. The van der Waals surface area contributed by atoms with Crippen LogP contribution in [-0.2, 0) is 22.5 Å². The number of imidazole rings is 1. The molecule has 4 aromatic rings. The van der Waals surface area contributed by atoms with E-state index in [0.717, 1.165) is 47.0 Å². The van der Waals surface area contributed by atoms with Gasteiger partial charge in [-0.3, -0.25) is 9.36 Å². The number of carbonyl (C=O) groups excluding carboxylic acids is 1. The van der Waals surface area contributed by atoms with Crippen LogP contribution in [0, 0.1) is 0 Å². The van der Waals surface area contributed by atoms with Crippen molar-refractivity contribution in [2.24, 2.45) is 0 Å². The third-order valence-electron chi connectivity index (χ3n) is 5.87. The number of nitrogens with zero attached hydrogens (tertiary/aromatic N) is 4. The monoisotopic (exact) mass is 441 g/mol. The first kappa shape index (κ1) is 21.2. The molecule has 168 valence electrons. The van der Waals surface area contributed by atoms with Crippen LogP contribution in [-0.4, -0.2) is 46.7 Å². The van der Waals surface area contributed by atoms with E-state index in [-0.39, 0.29) is 5.91 Å². The van der Waals surface area contributed by atoms with E-state index in [1.165, 1.54) is 0 Å². The van der Waals surface area contributed by atoms with Gasteiger partial charge in [0.1, 0.15) is 11.6 Å². The highest BCUT2D eigenvalue weighted by molar-refractivity contribution is 5.79. The fraction of sp³-hybridized carbons (Fsp3) is 0.269. The zero-order chi connectivity index (χ0) is 22.5. The van der Waals surface area contributed by atoms with E-state index in [2.05, 4.69) is 38.0 Å². The standard InChI is InChI=1S/C26H27N5O2/c32-25(28-19-20-7-6-14-27-26(20)30-15-17-33-18-16-30)13-12-24-29-22-10-4-5-11-23(22)31(24)21-8-2-1-3-9-21/h1-11,14H,12-13,15-19H2,(H,28,32). The van der Waals surface area contributed by atoms with E-state index in [4.69, 9.17) is 9.72 Å². The van der Waals surface area contributed by atoms with Crippen molar-refractivity contribution in [1.82, 2.24) is 19.9 Å². The van der Waals surface area contributed by atoms with E-state index >= 15 is 0 Å². The maximum absolute atomic E-state index is 12.7. The number of morpholine rings is 1. The summed E-state index contributed by atoms with van der Waals surface area (Å²) in [5.41, 5.74) is 4.04. The highest BCUT2D eigenvalue weighted by atomic mass is 16.5. The number of rotatable bonds is 7. The van der Waals surface area contributed by atoms with Gasteiger partial charge in [0.2, 0.25) is 5.91 Å². The van der Waals surface area contributed by atoms with Gasteiger partial charge in [0.25, 0.3) is 0 Å². The smallest absolute Gasteiger partial charge is 0.220 e. The summed E-state index contributed by atoms with van der Waals surface area (Å²) in [6.45, 7) is 3.48. The summed E-state index contributed by atoms with van der Waals surface area (Å²) in [6, 6.07) is 22.2. The average Bonchev–Trinajstić information content (AvgIpc) is 3.26. The Bertz CT molecular complexity index is 1230. The summed E-state index contributed by atoms with van der Waals surface area (Å²) >= 11 is 0. The lowest BCUT2D eigenvalue weighted by molar-refractivity contribution is -0.121. The van der Waals surface area contributed by atoms with Gasteiger partial charge < -0.3 is 15.0 Å². The van der Waals surface area contributed by atoms with Gasteiger partial charge >= 0.3 is 0 Å². The van der Waals surface area contributed by atoms with Crippen LogP contribution in [0.4, 0.5) is 5.82 Å². The summed E-state index contributed by atoms with van der Waals surface area (Å²) in [7, 11) is 0. The predicted molar refractivity (Wildman–Crippen MR) is 129 cm³/mol. The largest absolute Gasteiger partial charge is 0.378 e. The molecular formula is C26H27N5O2. The molecule has 7 heteroatoms. The molecule has 2 aromatic heterocycles. The second kappa shape index (κ2) is 9.83. The van der Waals surface area contributed by atoms with Crippen molar-refractivity contribution >= 4 is 22.8 Å². The van der Waals surface area contributed by atoms with Crippen LogP contribution in [0.5, 0.6) is 0 Å². The number of anilines is 1. The van der Waals surface area contributed by atoms with Crippen LogP contribution in [0.25, 0.3) is 16.7 Å². The number of carbonyl (C=O) groups is 1. The molecule has 1 N–H and O–H groups in total. The summed E-state index contributed by atoms with van der Waals surface area (Å²) in [6.07, 6.45) is 2.71. The molecule has 0 saturated carbocycles. The maximum Gasteiger partial charge on any atom is 0.220 e. The van der Waals surface area contributed by atoms with Crippen LogP contribution < -0.4 is 10.2 Å². The van der Waals surface area contributed by atoms with Gasteiger partial charge in [-0.1, -0.05) is 36.4 Å². The Hall–Kier alpha value is -3.71. The fourth-order valence-corrected chi connectivity index (χ4v) is 4.24. The van der Waals surface area contributed by atoms with E-state index in [9.17, 15) is 4.79 Å². The molecule has 0 bridgehead atoms.